The Kier molecular flexibility index (Phi) is 5.84. The third kappa shape index (κ3) is 3.96. The molecule has 0 N–H and O–H groups in total. The van der Waals surface area contributed by atoms with Crippen molar-refractivity contribution in [2.75, 3.05) is 15.7 Å². The second kappa shape index (κ2) is 8.39. The number of nitrogens with zero attached hydrogens (tertiary/aromatic N) is 2. The van der Waals surface area contributed by atoms with Gasteiger partial charge in [0, 0.05) is 15.3 Å². The Balaban J connectivity index is 1.72. The summed E-state index contributed by atoms with van der Waals surface area (Å²) in [6.07, 6.45) is 0.761. The highest BCUT2D eigenvalue weighted by molar-refractivity contribution is 14.1. The van der Waals surface area contributed by atoms with E-state index in [1.165, 1.54) is 4.31 Å². The lowest BCUT2D eigenvalue weighted by molar-refractivity contribution is -0.117. The van der Waals surface area contributed by atoms with Gasteiger partial charge in [-0.2, -0.15) is 0 Å². The van der Waals surface area contributed by atoms with Gasteiger partial charge in [-0.05, 0) is 84.0 Å². The lowest BCUT2D eigenvalue weighted by Crippen LogP contribution is -2.45. The predicted molar refractivity (Wildman–Crippen MR) is 127 cm³/mol. The molecule has 1 aliphatic rings. The maximum atomic E-state index is 13.4. The average molecular weight is 532 g/mol. The largest absolute Gasteiger partial charge is 0.307 e. The third-order valence-corrected chi connectivity index (χ3v) is 7.71. The minimum Gasteiger partial charge on any atom is -0.307 e. The lowest BCUT2D eigenvalue weighted by Gasteiger charge is -2.29. The molecule has 0 aromatic heterocycles. The fraction of sp³-hybridized carbons (Fsp3) is 0.174. The Morgan fingerprint density at radius 3 is 2.33 bits per heavy atom. The molecule has 0 saturated heterocycles. The minimum absolute atomic E-state index is 0.0205. The van der Waals surface area contributed by atoms with Gasteiger partial charge in [0.05, 0.1) is 10.6 Å². The fourth-order valence-corrected chi connectivity index (χ4v) is 5.58. The molecule has 1 heterocycles. The number of halogens is 1. The quantitative estimate of drug-likeness (QED) is 0.456. The van der Waals surface area contributed by atoms with Crippen LogP contribution in [-0.4, -0.2) is 26.9 Å². The highest BCUT2D eigenvalue weighted by atomic mass is 127. The summed E-state index contributed by atoms with van der Waals surface area (Å²) in [4.78, 5) is 15.2. The van der Waals surface area contributed by atoms with E-state index in [0.29, 0.717) is 5.69 Å². The molecule has 0 radical (unpaired) electrons. The number of rotatable bonds is 5. The molecule has 154 valence electrons. The molecule has 0 bridgehead atoms. The van der Waals surface area contributed by atoms with Crippen LogP contribution in [0.15, 0.2) is 83.8 Å². The fourth-order valence-electron chi connectivity index (χ4n) is 3.79. The summed E-state index contributed by atoms with van der Waals surface area (Å²) in [5.41, 5.74) is 2.42. The van der Waals surface area contributed by atoms with Gasteiger partial charge in [-0.15, -0.1) is 0 Å². The lowest BCUT2D eigenvalue weighted by atomic mass is 10.1. The first kappa shape index (κ1) is 20.9. The molecule has 0 aliphatic carbocycles. The molecule has 1 amide bonds. The van der Waals surface area contributed by atoms with Gasteiger partial charge in [0.1, 0.15) is 6.54 Å². The summed E-state index contributed by atoms with van der Waals surface area (Å²) in [5.74, 6) is -0.245. The van der Waals surface area contributed by atoms with Gasteiger partial charge in [0.25, 0.3) is 10.0 Å². The van der Waals surface area contributed by atoms with Crippen LogP contribution < -0.4 is 9.21 Å². The molecule has 0 saturated carbocycles. The number of fused-ring (bicyclic) bond motifs is 1. The zero-order valence-corrected chi connectivity index (χ0v) is 19.4. The van der Waals surface area contributed by atoms with E-state index < -0.39 is 10.0 Å². The van der Waals surface area contributed by atoms with Crippen molar-refractivity contribution in [1.82, 2.24) is 0 Å². The highest BCUT2D eigenvalue weighted by Crippen LogP contribution is 2.33. The van der Waals surface area contributed by atoms with E-state index in [1.54, 1.807) is 47.4 Å². The smallest absolute Gasteiger partial charge is 0.264 e. The van der Waals surface area contributed by atoms with Gasteiger partial charge in [0.2, 0.25) is 5.91 Å². The van der Waals surface area contributed by atoms with Crippen molar-refractivity contribution in [3.8, 4) is 0 Å². The number of para-hydroxylation sites is 1. The van der Waals surface area contributed by atoms with Crippen LogP contribution in [0.3, 0.4) is 0 Å². The van der Waals surface area contributed by atoms with Crippen LogP contribution in [0.25, 0.3) is 0 Å². The van der Waals surface area contributed by atoms with E-state index in [4.69, 9.17) is 0 Å². The first-order valence-electron chi connectivity index (χ1n) is 9.61. The van der Waals surface area contributed by atoms with Crippen molar-refractivity contribution in [3.63, 3.8) is 0 Å². The van der Waals surface area contributed by atoms with Crippen molar-refractivity contribution in [2.45, 2.75) is 24.3 Å². The second-order valence-corrected chi connectivity index (χ2v) is 10.4. The van der Waals surface area contributed by atoms with Gasteiger partial charge in [-0.25, -0.2) is 8.42 Å². The molecule has 1 aliphatic heterocycles. The molecule has 3 aromatic rings. The third-order valence-electron chi connectivity index (χ3n) is 5.20. The molecule has 3 aromatic carbocycles. The number of hydrogen-bond donors (Lipinski definition) is 0. The summed E-state index contributed by atoms with van der Waals surface area (Å²) in [6, 6.07) is 23.1. The number of anilines is 2. The van der Waals surface area contributed by atoms with E-state index in [0.717, 1.165) is 21.2 Å². The van der Waals surface area contributed by atoms with E-state index in [2.05, 4.69) is 22.6 Å². The van der Waals surface area contributed by atoms with E-state index >= 15 is 0 Å². The normalized spacial score (nSPS) is 15.7. The minimum atomic E-state index is -3.90. The van der Waals surface area contributed by atoms with Crippen molar-refractivity contribution in [3.05, 3.63) is 88.0 Å². The molecule has 1 atom stereocenters. The van der Waals surface area contributed by atoms with Crippen LogP contribution in [0, 0.1) is 3.57 Å². The summed E-state index contributed by atoms with van der Waals surface area (Å²) in [6.45, 7) is 1.72. The maximum absolute atomic E-state index is 13.4. The summed E-state index contributed by atoms with van der Waals surface area (Å²) < 4.78 is 29.1. The monoisotopic (exact) mass is 532 g/mol. The molecule has 0 spiro atoms. The topological polar surface area (TPSA) is 57.7 Å². The van der Waals surface area contributed by atoms with Crippen LogP contribution in [0.4, 0.5) is 11.4 Å². The summed E-state index contributed by atoms with van der Waals surface area (Å²) in [5, 5.41) is 0. The Hall–Kier alpha value is -2.39. The maximum Gasteiger partial charge on any atom is 0.264 e. The molecule has 0 fully saturated rings. The van der Waals surface area contributed by atoms with Crippen molar-refractivity contribution >= 4 is 49.9 Å². The number of hydrogen-bond acceptors (Lipinski definition) is 3. The standard InChI is InChI=1S/C23H21IN2O3S/c1-17-15-18-7-5-6-10-22(18)26(17)23(27)16-25(20-13-11-19(24)12-14-20)30(28,29)21-8-3-2-4-9-21/h2-14,17H,15-16H2,1H3. The zero-order chi connectivity index (χ0) is 21.3. The zero-order valence-electron chi connectivity index (χ0n) is 16.4. The van der Waals surface area contributed by atoms with Crippen molar-refractivity contribution < 1.29 is 13.2 Å². The molecule has 5 nitrogen and oxygen atoms in total. The molecule has 1 unspecified atom stereocenters. The van der Waals surface area contributed by atoms with Gasteiger partial charge in [0.15, 0.2) is 0 Å². The predicted octanol–water partition coefficient (Wildman–Crippen LogP) is 4.46. The SMILES string of the molecule is CC1Cc2ccccc2N1C(=O)CN(c1ccc(I)cc1)S(=O)(=O)c1ccccc1. The number of amides is 1. The van der Waals surface area contributed by atoms with Crippen LogP contribution >= 0.6 is 22.6 Å². The Labute approximate surface area is 190 Å². The number of carbonyl (C=O) groups excluding carboxylic acids is 1. The van der Waals surface area contributed by atoms with Gasteiger partial charge in [-0.3, -0.25) is 9.10 Å². The van der Waals surface area contributed by atoms with Crippen LogP contribution in [0.1, 0.15) is 12.5 Å². The van der Waals surface area contributed by atoms with E-state index in [-0.39, 0.29) is 23.4 Å². The number of sulfonamides is 1. The summed E-state index contributed by atoms with van der Waals surface area (Å²) in [7, 11) is -3.90. The number of benzene rings is 3. The molecule has 30 heavy (non-hydrogen) atoms. The molecule has 4 rings (SSSR count). The van der Waals surface area contributed by atoms with Gasteiger partial charge in [-0.1, -0.05) is 36.4 Å². The number of carbonyl (C=O) groups is 1. The molecule has 7 heteroatoms. The van der Waals surface area contributed by atoms with Gasteiger partial charge < -0.3 is 4.90 Å². The van der Waals surface area contributed by atoms with Crippen LogP contribution in [0.5, 0.6) is 0 Å². The van der Waals surface area contributed by atoms with Crippen LogP contribution in [-0.2, 0) is 21.2 Å². The molecular weight excluding hydrogens is 511 g/mol. The summed E-state index contributed by atoms with van der Waals surface area (Å²) >= 11 is 2.17. The Morgan fingerprint density at radius 2 is 1.63 bits per heavy atom. The van der Waals surface area contributed by atoms with Crippen LogP contribution in [0.2, 0.25) is 0 Å². The van der Waals surface area contributed by atoms with Crippen molar-refractivity contribution in [2.24, 2.45) is 0 Å². The van der Waals surface area contributed by atoms with E-state index in [1.807, 2.05) is 43.3 Å². The molecular formula is C23H21IN2O3S. The van der Waals surface area contributed by atoms with Gasteiger partial charge >= 0.3 is 0 Å². The average Bonchev–Trinajstić information content (AvgIpc) is 3.09. The second-order valence-electron chi connectivity index (χ2n) is 7.25. The highest BCUT2D eigenvalue weighted by Gasteiger charge is 2.34. The van der Waals surface area contributed by atoms with Crippen molar-refractivity contribution in [1.29, 1.82) is 0 Å². The first-order chi connectivity index (χ1) is 14.4. The first-order valence-corrected chi connectivity index (χ1v) is 12.1. The Bertz CT molecular complexity index is 1160. The van der Waals surface area contributed by atoms with E-state index in [9.17, 15) is 13.2 Å². The Morgan fingerprint density at radius 1 is 1.00 bits per heavy atom.